The lowest BCUT2D eigenvalue weighted by atomic mass is 10.1. The van der Waals surface area contributed by atoms with Crippen LogP contribution >= 0.6 is 0 Å². The van der Waals surface area contributed by atoms with Crippen LogP contribution in [0.2, 0.25) is 0 Å². The first-order valence-electron chi connectivity index (χ1n) is 3.92. The van der Waals surface area contributed by atoms with Crippen LogP contribution in [0.4, 0.5) is 0 Å². The zero-order valence-corrected chi connectivity index (χ0v) is 7.37. The summed E-state index contributed by atoms with van der Waals surface area (Å²) in [5.74, 6) is -2.43. The Labute approximate surface area is 71.5 Å². The maximum absolute atomic E-state index is 11.0. The summed E-state index contributed by atoms with van der Waals surface area (Å²) in [5.41, 5.74) is 0. The fourth-order valence-electron chi connectivity index (χ4n) is 0.580. The monoisotopic (exact) mass is 174 g/mol. The van der Waals surface area contributed by atoms with Gasteiger partial charge in [0.2, 0.25) is 0 Å². The van der Waals surface area contributed by atoms with E-state index in [-0.39, 0.29) is 12.4 Å². The summed E-state index contributed by atoms with van der Waals surface area (Å²) in [7, 11) is 0. The fourth-order valence-corrected chi connectivity index (χ4v) is 0.580. The number of ether oxygens (including phenoxy) is 1. The molecule has 0 amide bonds. The molecule has 0 heterocycles. The predicted octanol–water partition coefficient (Wildman–Crippen LogP) is 0.703. The SMILES string of the molecule is CCCOCC(=O)C(C)C(=O)O. The minimum absolute atomic E-state index is 0.0959. The van der Waals surface area contributed by atoms with Gasteiger partial charge in [-0.25, -0.2) is 0 Å². The summed E-state index contributed by atoms with van der Waals surface area (Å²) in [6.45, 7) is 3.68. The van der Waals surface area contributed by atoms with Crippen molar-refractivity contribution >= 4 is 11.8 Å². The van der Waals surface area contributed by atoms with Gasteiger partial charge in [0.25, 0.3) is 0 Å². The second-order valence-corrected chi connectivity index (χ2v) is 2.58. The summed E-state index contributed by atoms with van der Waals surface area (Å²) >= 11 is 0. The number of aliphatic carboxylic acids is 1. The van der Waals surface area contributed by atoms with E-state index >= 15 is 0 Å². The molecule has 1 N–H and O–H groups in total. The summed E-state index contributed by atoms with van der Waals surface area (Å²) in [6, 6.07) is 0. The molecule has 0 fully saturated rings. The van der Waals surface area contributed by atoms with Gasteiger partial charge in [0.1, 0.15) is 12.5 Å². The van der Waals surface area contributed by atoms with Crippen LogP contribution in [-0.2, 0) is 14.3 Å². The van der Waals surface area contributed by atoms with Crippen LogP contribution in [0.15, 0.2) is 0 Å². The van der Waals surface area contributed by atoms with E-state index in [2.05, 4.69) is 0 Å². The summed E-state index contributed by atoms with van der Waals surface area (Å²) < 4.78 is 4.90. The largest absolute Gasteiger partial charge is 0.481 e. The highest BCUT2D eigenvalue weighted by atomic mass is 16.5. The van der Waals surface area contributed by atoms with Crippen LogP contribution in [0, 0.1) is 5.92 Å². The van der Waals surface area contributed by atoms with Crippen molar-refractivity contribution in [1.82, 2.24) is 0 Å². The minimum Gasteiger partial charge on any atom is -0.481 e. The van der Waals surface area contributed by atoms with Gasteiger partial charge in [-0.2, -0.15) is 0 Å². The molecule has 0 aliphatic carbocycles. The first-order valence-corrected chi connectivity index (χ1v) is 3.92. The molecule has 0 aromatic rings. The second kappa shape index (κ2) is 5.71. The molecular formula is C8H14O4. The van der Waals surface area contributed by atoms with Gasteiger partial charge in [0.15, 0.2) is 5.78 Å². The van der Waals surface area contributed by atoms with Crippen LogP contribution in [0.3, 0.4) is 0 Å². The third-order valence-corrected chi connectivity index (χ3v) is 1.45. The van der Waals surface area contributed by atoms with E-state index in [0.29, 0.717) is 6.61 Å². The average molecular weight is 174 g/mol. The molecule has 1 atom stereocenters. The van der Waals surface area contributed by atoms with Crippen LogP contribution in [0.1, 0.15) is 20.3 Å². The van der Waals surface area contributed by atoms with Gasteiger partial charge >= 0.3 is 5.97 Å². The van der Waals surface area contributed by atoms with Crippen LogP contribution < -0.4 is 0 Å². The smallest absolute Gasteiger partial charge is 0.313 e. The molecular weight excluding hydrogens is 160 g/mol. The minimum atomic E-state index is -1.10. The molecule has 0 aliphatic heterocycles. The number of Topliss-reactive ketones (excluding diaryl/α,β-unsaturated/α-hetero) is 1. The van der Waals surface area contributed by atoms with Crippen molar-refractivity contribution in [3.63, 3.8) is 0 Å². The molecule has 12 heavy (non-hydrogen) atoms. The number of carbonyl (C=O) groups is 2. The van der Waals surface area contributed by atoms with Crippen molar-refractivity contribution in [3.05, 3.63) is 0 Å². The van der Waals surface area contributed by atoms with Gasteiger partial charge in [-0.15, -0.1) is 0 Å². The van der Waals surface area contributed by atoms with Gasteiger partial charge in [0, 0.05) is 6.61 Å². The molecule has 4 heteroatoms. The van der Waals surface area contributed by atoms with Gasteiger partial charge < -0.3 is 9.84 Å². The number of carboxylic acids is 1. The molecule has 0 rings (SSSR count). The van der Waals surface area contributed by atoms with Crippen molar-refractivity contribution in [1.29, 1.82) is 0 Å². The van der Waals surface area contributed by atoms with E-state index in [1.807, 2.05) is 6.92 Å². The third kappa shape index (κ3) is 4.08. The number of carbonyl (C=O) groups excluding carboxylic acids is 1. The highest BCUT2D eigenvalue weighted by molar-refractivity contribution is 5.98. The Hall–Kier alpha value is -0.900. The second-order valence-electron chi connectivity index (χ2n) is 2.58. The van der Waals surface area contributed by atoms with Crippen LogP contribution in [-0.4, -0.2) is 30.1 Å². The van der Waals surface area contributed by atoms with E-state index in [1.165, 1.54) is 6.92 Å². The first-order chi connectivity index (χ1) is 5.59. The number of hydrogen-bond donors (Lipinski definition) is 1. The zero-order chi connectivity index (χ0) is 9.56. The summed E-state index contributed by atoms with van der Waals surface area (Å²) in [6.07, 6.45) is 0.828. The highest BCUT2D eigenvalue weighted by Gasteiger charge is 2.19. The lowest BCUT2D eigenvalue weighted by molar-refractivity contribution is -0.146. The van der Waals surface area contributed by atoms with Gasteiger partial charge in [-0.05, 0) is 13.3 Å². The Morgan fingerprint density at radius 3 is 2.50 bits per heavy atom. The van der Waals surface area contributed by atoms with Gasteiger partial charge in [-0.3, -0.25) is 9.59 Å². The average Bonchev–Trinajstić information content (AvgIpc) is 2.03. The molecule has 0 aliphatic rings. The molecule has 0 saturated heterocycles. The molecule has 0 aromatic heterocycles. The quantitative estimate of drug-likeness (QED) is 0.475. The Bertz CT molecular complexity index is 164. The lowest BCUT2D eigenvalue weighted by Crippen LogP contribution is -2.24. The lowest BCUT2D eigenvalue weighted by Gasteiger charge is -2.04. The van der Waals surface area contributed by atoms with Crippen LogP contribution in [0.5, 0.6) is 0 Å². The third-order valence-electron chi connectivity index (χ3n) is 1.45. The standard InChI is InChI=1S/C8H14O4/c1-3-4-12-5-7(9)6(2)8(10)11/h6H,3-5H2,1-2H3,(H,10,11). The van der Waals surface area contributed by atoms with Gasteiger partial charge in [-0.1, -0.05) is 6.92 Å². The molecule has 0 spiro atoms. The van der Waals surface area contributed by atoms with E-state index < -0.39 is 11.9 Å². The maximum Gasteiger partial charge on any atom is 0.313 e. The molecule has 0 radical (unpaired) electrons. The fraction of sp³-hybridized carbons (Fsp3) is 0.750. The Kier molecular flexibility index (Phi) is 5.28. The highest BCUT2D eigenvalue weighted by Crippen LogP contribution is 1.97. The predicted molar refractivity (Wildman–Crippen MR) is 42.9 cm³/mol. The zero-order valence-electron chi connectivity index (χ0n) is 7.37. The van der Waals surface area contributed by atoms with E-state index in [4.69, 9.17) is 9.84 Å². The molecule has 0 saturated carbocycles. The van der Waals surface area contributed by atoms with Crippen molar-refractivity contribution in [2.45, 2.75) is 20.3 Å². The molecule has 4 nitrogen and oxygen atoms in total. The normalized spacial score (nSPS) is 12.5. The van der Waals surface area contributed by atoms with Crippen LogP contribution in [0.25, 0.3) is 0 Å². The first kappa shape index (κ1) is 11.1. The number of carboxylic acid groups (broad SMARTS) is 1. The Balaban J connectivity index is 3.65. The van der Waals surface area contributed by atoms with Gasteiger partial charge in [0.05, 0.1) is 0 Å². The topological polar surface area (TPSA) is 63.6 Å². The van der Waals surface area contributed by atoms with E-state index in [0.717, 1.165) is 6.42 Å². The van der Waals surface area contributed by atoms with Crippen molar-refractivity contribution < 1.29 is 19.4 Å². The molecule has 0 aromatic carbocycles. The van der Waals surface area contributed by atoms with E-state index in [1.54, 1.807) is 0 Å². The van der Waals surface area contributed by atoms with E-state index in [9.17, 15) is 9.59 Å². The number of rotatable bonds is 6. The molecule has 70 valence electrons. The summed E-state index contributed by atoms with van der Waals surface area (Å²) in [4.78, 5) is 21.3. The number of ketones is 1. The van der Waals surface area contributed by atoms with Crippen molar-refractivity contribution in [3.8, 4) is 0 Å². The Morgan fingerprint density at radius 2 is 2.08 bits per heavy atom. The molecule has 0 bridgehead atoms. The van der Waals surface area contributed by atoms with Crippen molar-refractivity contribution in [2.75, 3.05) is 13.2 Å². The van der Waals surface area contributed by atoms with Crippen molar-refractivity contribution in [2.24, 2.45) is 5.92 Å². The number of hydrogen-bond acceptors (Lipinski definition) is 3. The Morgan fingerprint density at radius 1 is 1.50 bits per heavy atom. The maximum atomic E-state index is 11.0. The molecule has 1 unspecified atom stereocenters. The summed E-state index contributed by atoms with van der Waals surface area (Å²) in [5, 5.41) is 8.43.